The first-order valence-corrected chi connectivity index (χ1v) is 6.23. The van der Waals surface area contributed by atoms with Crippen LogP contribution in [0, 0.1) is 0 Å². The van der Waals surface area contributed by atoms with E-state index in [1.54, 1.807) is 4.90 Å². The number of carbonyl (C=O) groups is 2. The summed E-state index contributed by atoms with van der Waals surface area (Å²) in [4.78, 5) is 25.0. The van der Waals surface area contributed by atoms with Crippen molar-refractivity contribution in [1.82, 2.24) is 15.5 Å². The highest BCUT2D eigenvalue weighted by molar-refractivity contribution is 5.86. The van der Waals surface area contributed by atoms with Crippen molar-refractivity contribution >= 4 is 12.0 Å². The van der Waals surface area contributed by atoms with Crippen LogP contribution in [0.15, 0.2) is 0 Å². The Hall–Kier alpha value is -1.34. The molecule has 1 unspecified atom stereocenters. The highest BCUT2D eigenvalue weighted by atomic mass is 16.5. The standard InChI is InChI=1S/C11H19N3O4/c15-9(16)11(2-7-18-8-11)13-10(17)14-5-1-3-12-4-6-14/h12H,1-8H2,(H,13,17)(H,15,16). The molecule has 2 saturated heterocycles. The number of nitrogens with one attached hydrogen (secondary N) is 2. The van der Waals surface area contributed by atoms with E-state index in [2.05, 4.69) is 10.6 Å². The van der Waals surface area contributed by atoms with Gasteiger partial charge in [-0.3, -0.25) is 0 Å². The molecule has 2 rings (SSSR count). The molecular formula is C11H19N3O4. The Morgan fingerprint density at radius 2 is 2.17 bits per heavy atom. The number of carbonyl (C=O) groups excluding carboxylic acids is 1. The smallest absolute Gasteiger partial charge is 0.332 e. The van der Waals surface area contributed by atoms with Gasteiger partial charge >= 0.3 is 12.0 Å². The summed E-state index contributed by atoms with van der Waals surface area (Å²) in [5.41, 5.74) is -1.25. The third kappa shape index (κ3) is 2.73. The molecule has 18 heavy (non-hydrogen) atoms. The van der Waals surface area contributed by atoms with Gasteiger partial charge in [0, 0.05) is 32.7 Å². The Morgan fingerprint density at radius 3 is 2.83 bits per heavy atom. The number of nitrogens with zero attached hydrogens (tertiary/aromatic N) is 1. The van der Waals surface area contributed by atoms with Crippen molar-refractivity contribution in [1.29, 1.82) is 0 Å². The number of aliphatic carboxylic acids is 1. The number of amides is 2. The molecule has 2 aliphatic rings. The van der Waals surface area contributed by atoms with E-state index in [0.717, 1.165) is 19.5 Å². The predicted octanol–water partition coefficient (Wildman–Crippen LogP) is -0.765. The van der Waals surface area contributed by atoms with E-state index in [1.807, 2.05) is 0 Å². The summed E-state index contributed by atoms with van der Waals surface area (Å²) < 4.78 is 5.11. The zero-order valence-corrected chi connectivity index (χ0v) is 10.3. The second kappa shape index (κ2) is 5.53. The lowest BCUT2D eigenvalue weighted by Gasteiger charge is -2.28. The first-order valence-electron chi connectivity index (χ1n) is 6.23. The Labute approximate surface area is 105 Å². The molecule has 2 amide bonds. The van der Waals surface area contributed by atoms with E-state index in [1.165, 1.54) is 0 Å². The van der Waals surface area contributed by atoms with E-state index in [4.69, 9.17) is 4.74 Å². The molecule has 0 bridgehead atoms. The highest BCUT2D eigenvalue weighted by Crippen LogP contribution is 2.19. The molecule has 3 N–H and O–H groups in total. The number of ether oxygens (including phenoxy) is 1. The lowest BCUT2D eigenvalue weighted by Crippen LogP contribution is -2.58. The minimum absolute atomic E-state index is 0.0418. The van der Waals surface area contributed by atoms with E-state index in [9.17, 15) is 14.7 Å². The van der Waals surface area contributed by atoms with E-state index in [0.29, 0.717) is 26.1 Å². The molecule has 0 aromatic carbocycles. The summed E-state index contributed by atoms with van der Waals surface area (Å²) in [5, 5.41) is 15.1. The van der Waals surface area contributed by atoms with Gasteiger partial charge in [0.1, 0.15) is 0 Å². The zero-order chi connectivity index (χ0) is 13.0. The summed E-state index contributed by atoms with van der Waals surface area (Å²) >= 11 is 0. The zero-order valence-electron chi connectivity index (χ0n) is 10.3. The van der Waals surface area contributed by atoms with Gasteiger partial charge in [-0.2, -0.15) is 0 Å². The minimum Gasteiger partial charge on any atom is -0.479 e. The van der Waals surface area contributed by atoms with Crippen LogP contribution in [0.3, 0.4) is 0 Å². The van der Waals surface area contributed by atoms with Gasteiger partial charge in [-0.15, -0.1) is 0 Å². The van der Waals surface area contributed by atoms with Crippen LogP contribution in [0.25, 0.3) is 0 Å². The third-order valence-electron chi connectivity index (χ3n) is 3.40. The number of carboxylic acids is 1. The van der Waals surface area contributed by atoms with Crippen molar-refractivity contribution in [3.63, 3.8) is 0 Å². The van der Waals surface area contributed by atoms with E-state index in [-0.39, 0.29) is 12.6 Å². The van der Waals surface area contributed by atoms with Gasteiger partial charge in [0.25, 0.3) is 0 Å². The van der Waals surface area contributed by atoms with Crippen LogP contribution in [0.5, 0.6) is 0 Å². The van der Waals surface area contributed by atoms with Gasteiger partial charge < -0.3 is 25.4 Å². The van der Waals surface area contributed by atoms with Gasteiger partial charge in [0.15, 0.2) is 5.54 Å². The molecule has 0 saturated carbocycles. The summed E-state index contributed by atoms with van der Waals surface area (Å²) in [5.74, 6) is -1.03. The van der Waals surface area contributed by atoms with Crippen LogP contribution >= 0.6 is 0 Å². The van der Waals surface area contributed by atoms with E-state index < -0.39 is 11.5 Å². The first-order chi connectivity index (χ1) is 8.64. The predicted molar refractivity (Wildman–Crippen MR) is 63.4 cm³/mol. The van der Waals surface area contributed by atoms with Crippen molar-refractivity contribution < 1.29 is 19.4 Å². The van der Waals surface area contributed by atoms with E-state index >= 15 is 0 Å². The van der Waals surface area contributed by atoms with Crippen molar-refractivity contribution in [3.8, 4) is 0 Å². The van der Waals surface area contributed by atoms with Crippen LogP contribution in [0.2, 0.25) is 0 Å². The Balaban J connectivity index is 1.98. The largest absolute Gasteiger partial charge is 0.479 e. The maximum atomic E-state index is 12.1. The second-order valence-corrected chi connectivity index (χ2v) is 4.71. The van der Waals surface area contributed by atoms with Crippen LogP contribution in [-0.4, -0.2) is 66.9 Å². The molecule has 2 heterocycles. The van der Waals surface area contributed by atoms with Gasteiger partial charge in [-0.1, -0.05) is 0 Å². The average Bonchev–Trinajstić information content (AvgIpc) is 2.65. The quantitative estimate of drug-likeness (QED) is 0.604. The normalized spacial score (nSPS) is 28.8. The molecule has 0 radical (unpaired) electrons. The van der Waals surface area contributed by atoms with Crippen LogP contribution in [0.4, 0.5) is 4.79 Å². The SMILES string of the molecule is O=C(NC1(C(=O)O)CCOC1)N1CCCNCC1. The van der Waals surface area contributed by atoms with Crippen molar-refractivity contribution in [3.05, 3.63) is 0 Å². The lowest BCUT2D eigenvalue weighted by molar-refractivity contribution is -0.144. The van der Waals surface area contributed by atoms with Crippen molar-refractivity contribution in [2.45, 2.75) is 18.4 Å². The molecule has 1 atom stereocenters. The lowest BCUT2D eigenvalue weighted by atomic mass is 9.99. The molecule has 0 aromatic rings. The van der Waals surface area contributed by atoms with Crippen LogP contribution in [0.1, 0.15) is 12.8 Å². The molecule has 2 fully saturated rings. The number of carboxylic acid groups (broad SMARTS) is 1. The first kappa shape index (κ1) is 13.1. The maximum absolute atomic E-state index is 12.1. The number of rotatable bonds is 2. The van der Waals surface area contributed by atoms with Gasteiger partial charge in [-0.05, 0) is 13.0 Å². The molecule has 0 aromatic heterocycles. The Kier molecular flexibility index (Phi) is 4.03. The fourth-order valence-electron chi connectivity index (χ4n) is 2.22. The molecule has 0 aliphatic carbocycles. The van der Waals surface area contributed by atoms with Crippen LogP contribution < -0.4 is 10.6 Å². The second-order valence-electron chi connectivity index (χ2n) is 4.71. The summed E-state index contributed by atoms with van der Waals surface area (Å²) in [7, 11) is 0. The monoisotopic (exact) mass is 257 g/mol. The molecule has 102 valence electrons. The maximum Gasteiger partial charge on any atom is 0.332 e. The average molecular weight is 257 g/mol. The third-order valence-corrected chi connectivity index (χ3v) is 3.40. The van der Waals surface area contributed by atoms with Crippen LogP contribution in [-0.2, 0) is 9.53 Å². The molecule has 2 aliphatic heterocycles. The molecule has 7 heteroatoms. The topological polar surface area (TPSA) is 90.9 Å². The highest BCUT2D eigenvalue weighted by Gasteiger charge is 2.44. The number of hydrogen-bond donors (Lipinski definition) is 3. The molecule has 0 spiro atoms. The van der Waals surface area contributed by atoms with Gasteiger partial charge in [0.05, 0.1) is 6.61 Å². The summed E-state index contributed by atoms with van der Waals surface area (Å²) in [6.07, 6.45) is 1.20. The Morgan fingerprint density at radius 1 is 1.33 bits per heavy atom. The molecular weight excluding hydrogens is 238 g/mol. The molecule has 7 nitrogen and oxygen atoms in total. The number of urea groups is 1. The fourth-order valence-corrected chi connectivity index (χ4v) is 2.22. The number of hydrogen-bond acceptors (Lipinski definition) is 4. The minimum atomic E-state index is -1.25. The summed E-state index contributed by atoms with van der Waals surface area (Å²) in [6, 6.07) is -0.313. The Bertz CT molecular complexity index is 320. The van der Waals surface area contributed by atoms with Gasteiger partial charge in [0.2, 0.25) is 0 Å². The summed E-state index contributed by atoms with van der Waals surface area (Å²) in [6.45, 7) is 3.28. The van der Waals surface area contributed by atoms with Crippen molar-refractivity contribution in [2.24, 2.45) is 0 Å². The van der Waals surface area contributed by atoms with Gasteiger partial charge in [-0.25, -0.2) is 9.59 Å². The van der Waals surface area contributed by atoms with Crippen molar-refractivity contribution in [2.75, 3.05) is 39.4 Å². The fraction of sp³-hybridized carbons (Fsp3) is 0.818.